The van der Waals surface area contributed by atoms with E-state index in [2.05, 4.69) is 4.98 Å². The van der Waals surface area contributed by atoms with Gasteiger partial charge in [-0.05, 0) is 6.92 Å². The Morgan fingerprint density at radius 1 is 1.32 bits per heavy atom. The lowest BCUT2D eigenvalue weighted by molar-refractivity contribution is -0.121. The predicted octanol–water partition coefficient (Wildman–Crippen LogP) is -0.0262. The van der Waals surface area contributed by atoms with Crippen molar-refractivity contribution in [2.75, 3.05) is 0 Å². The van der Waals surface area contributed by atoms with Gasteiger partial charge in [0.15, 0.2) is 16.9 Å². The van der Waals surface area contributed by atoms with Gasteiger partial charge in [-0.3, -0.25) is 18.7 Å². The number of hydrogen-bond donors (Lipinski definition) is 0. The molecule has 0 fully saturated rings. The highest BCUT2D eigenvalue weighted by Gasteiger charge is 2.20. The van der Waals surface area contributed by atoms with Gasteiger partial charge in [-0.25, -0.2) is 9.78 Å². The van der Waals surface area contributed by atoms with E-state index >= 15 is 0 Å². The van der Waals surface area contributed by atoms with Gasteiger partial charge in [-0.1, -0.05) is 6.92 Å². The van der Waals surface area contributed by atoms with Crippen molar-refractivity contribution in [3.05, 3.63) is 27.2 Å². The Hall–Kier alpha value is -2.18. The molecule has 0 saturated carbocycles. The van der Waals surface area contributed by atoms with E-state index in [1.54, 1.807) is 20.9 Å². The van der Waals surface area contributed by atoms with Crippen molar-refractivity contribution in [2.45, 2.75) is 26.3 Å². The number of rotatable bonds is 3. The van der Waals surface area contributed by atoms with Crippen LogP contribution in [0.3, 0.4) is 0 Å². The lowest BCUT2D eigenvalue weighted by Gasteiger charge is -2.12. The minimum Gasteiger partial charge on any atom is -0.314 e. The standard InChI is InChI=1S/C12H16N4O3/c1-5-8(17)7(2)16-6-13-10-9(16)11(18)15(4)12(19)14(10)3/h6-7H,5H2,1-4H3. The summed E-state index contributed by atoms with van der Waals surface area (Å²) in [6.45, 7) is 3.49. The zero-order chi connectivity index (χ0) is 14.3. The zero-order valence-corrected chi connectivity index (χ0v) is 11.4. The maximum atomic E-state index is 12.2. The molecule has 102 valence electrons. The largest absolute Gasteiger partial charge is 0.332 e. The molecule has 0 aliphatic heterocycles. The molecule has 7 nitrogen and oxygen atoms in total. The van der Waals surface area contributed by atoms with Gasteiger partial charge in [0.2, 0.25) is 0 Å². The van der Waals surface area contributed by atoms with Gasteiger partial charge in [0, 0.05) is 20.5 Å². The Balaban J connectivity index is 2.84. The molecular weight excluding hydrogens is 248 g/mol. The van der Waals surface area contributed by atoms with Crippen molar-refractivity contribution < 1.29 is 4.79 Å². The SMILES string of the molecule is CCC(=O)C(C)n1cnc2c1c(=O)n(C)c(=O)n2C. The summed E-state index contributed by atoms with van der Waals surface area (Å²) in [4.78, 5) is 39.8. The van der Waals surface area contributed by atoms with Crippen LogP contribution in [0.25, 0.3) is 11.2 Å². The fourth-order valence-electron chi connectivity index (χ4n) is 2.11. The topological polar surface area (TPSA) is 78.9 Å². The molecule has 0 aromatic carbocycles. The molecular formula is C12H16N4O3. The van der Waals surface area contributed by atoms with Gasteiger partial charge in [-0.15, -0.1) is 0 Å². The predicted molar refractivity (Wildman–Crippen MR) is 70.2 cm³/mol. The van der Waals surface area contributed by atoms with Gasteiger partial charge in [0.1, 0.15) is 0 Å². The molecule has 1 unspecified atom stereocenters. The van der Waals surface area contributed by atoms with Crippen LogP contribution in [0.2, 0.25) is 0 Å². The van der Waals surface area contributed by atoms with E-state index in [-0.39, 0.29) is 11.3 Å². The zero-order valence-electron chi connectivity index (χ0n) is 11.4. The molecule has 0 aliphatic rings. The highest BCUT2D eigenvalue weighted by molar-refractivity contribution is 5.84. The van der Waals surface area contributed by atoms with E-state index in [0.717, 1.165) is 4.57 Å². The number of nitrogens with zero attached hydrogens (tertiary/aromatic N) is 4. The first-order valence-corrected chi connectivity index (χ1v) is 6.05. The fourth-order valence-corrected chi connectivity index (χ4v) is 2.11. The minimum atomic E-state index is -0.472. The highest BCUT2D eigenvalue weighted by atomic mass is 16.2. The van der Waals surface area contributed by atoms with Gasteiger partial charge < -0.3 is 4.57 Å². The van der Waals surface area contributed by atoms with Crippen LogP contribution in [0, 0.1) is 0 Å². The average molecular weight is 264 g/mol. The van der Waals surface area contributed by atoms with E-state index in [4.69, 9.17) is 0 Å². The van der Waals surface area contributed by atoms with E-state index in [1.807, 2.05) is 0 Å². The number of fused-ring (bicyclic) bond motifs is 1. The Kier molecular flexibility index (Phi) is 3.13. The van der Waals surface area contributed by atoms with Crippen LogP contribution in [0.1, 0.15) is 26.3 Å². The number of hydrogen-bond acceptors (Lipinski definition) is 4. The third-order valence-electron chi connectivity index (χ3n) is 3.40. The van der Waals surface area contributed by atoms with E-state index < -0.39 is 17.3 Å². The molecule has 2 rings (SSSR count). The van der Waals surface area contributed by atoms with Gasteiger partial charge in [-0.2, -0.15) is 0 Å². The van der Waals surface area contributed by atoms with Crippen molar-refractivity contribution in [2.24, 2.45) is 14.1 Å². The van der Waals surface area contributed by atoms with Crippen LogP contribution in [-0.2, 0) is 18.9 Å². The fraction of sp³-hybridized carbons (Fsp3) is 0.500. The monoisotopic (exact) mass is 264 g/mol. The van der Waals surface area contributed by atoms with Crippen molar-refractivity contribution in [1.82, 2.24) is 18.7 Å². The number of aromatic nitrogens is 4. The maximum absolute atomic E-state index is 12.2. The number of aryl methyl sites for hydroxylation is 1. The molecule has 0 radical (unpaired) electrons. The third-order valence-corrected chi connectivity index (χ3v) is 3.40. The van der Waals surface area contributed by atoms with Crippen molar-refractivity contribution >= 4 is 16.9 Å². The molecule has 1 atom stereocenters. The molecule has 2 aromatic rings. The van der Waals surface area contributed by atoms with E-state index in [9.17, 15) is 14.4 Å². The first-order valence-electron chi connectivity index (χ1n) is 6.05. The summed E-state index contributed by atoms with van der Waals surface area (Å²) in [7, 11) is 2.96. The third kappa shape index (κ3) is 1.81. The summed E-state index contributed by atoms with van der Waals surface area (Å²) in [6.07, 6.45) is 1.82. The first kappa shape index (κ1) is 13.3. The summed E-state index contributed by atoms with van der Waals surface area (Å²) in [5, 5.41) is 0. The molecule has 0 amide bonds. The van der Waals surface area contributed by atoms with Crippen molar-refractivity contribution in [3.8, 4) is 0 Å². The smallest absolute Gasteiger partial charge is 0.314 e. The Morgan fingerprint density at radius 2 is 1.95 bits per heavy atom. The molecule has 0 spiro atoms. The minimum absolute atomic E-state index is 0.00945. The van der Waals surface area contributed by atoms with Crippen LogP contribution in [0.5, 0.6) is 0 Å². The molecule has 19 heavy (non-hydrogen) atoms. The normalized spacial score (nSPS) is 12.8. The molecule has 2 heterocycles. The van der Waals surface area contributed by atoms with Crippen LogP contribution < -0.4 is 11.2 Å². The Bertz CT molecular complexity index is 766. The molecule has 2 aromatic heterocycles. The highest BCUT2D eigenvalue weighted by Crippen LogP contribution is 2.14. The van der Waals surface area contributed by atoms with Gasteiger partial charge >= 0.3 is 5.69 Å². The van der Waals surface area contributed by atoms with Gasteiger partial charge in [0.25, 0.3) is 5.56 Å². The molecule has 7 heteroatoms. The average Bonchev–Trinajstić information content (AvgIpc) is 2.85. The van der Waals surface area contributed by atoms with Crippen molar-refractivity contribution in [1.29, 1.82) is 0 Å². The van der Waals surface area contributed by atoms with Crippen LogP contribution in [0.15, 0.2) is 15.9 Å². The first-order chi connectivity index (χ1) is 8.90. The number of imidazole rings is 1. The summed E-state index contributed by atoms with van der Waals surface area (Å²) in [5.74, 6) is 0.00945. The quantitative estimate of drug-likeness (QED) is 0.780. The van der Waals surface area contributed by atoms with Gasteiger partial charge in [0.05, 0.1) is 12.4 Å². The second kappa shape index (κ2) is 4.49. The van der Waals surface area contributed by atoms with E-state index in [1.165, 1.54) is 22.5 Å². The second-order valence-corrected chi connectivity index (χ2v) is 4.53. The number of ketones is 1. The Morgan fingerprint density at radius 3 is 2.53 bits per heavy atom. The molecule has 0 aliphatic carbocycles. The Labute approximate surface area is 109 Å². The van der Waals surface area contributed by atoms with Crippen molar-refractivity contribution in [3.63, 3.8) is 0 Å². The second-order valence-electron chi connectivity index (χ2n) is 4.53. The summed E-state index contributed by atoms with van der Waals surface area (Å²) in [6, 6.07) is -0.472. The van der Waals surface area contributed by atoms with E-state index in [0.29, 0.717) is 12.1 Å². The number of Topliss-reactive ketones (excluding diaryl/α,β-unsaturated/α-hetero) is 1. The lowest BCUT2D eigenvalue weighted by Crippen LogP contribution is -2.38. The molecule has 0 saturated heterocycles. The maximum Gasteiger partial charge on any atom is 0.332 e. The summed E-state index contributed by atoms with van der Waals surface area (Å²) >= 11 is 0. The number of carbonyl (C=O) groups excluding carboxylic acids is 1. The summed E-state index contributed by atoms with van der Waals surface area (Å²) in [5.41, 5.74) is -0.300. The molecule has 0 N–H and O–H groups in total. The van der Waals surface area contributed by atoms with Crippen LogP contribution in [0.4, 0.5) is 0 Å². The molecule has 0 bridgehead atoms. The van der Waals surface area contributed by atoms with Crippen LogP contribution in [-0.4, -0.2) is 24.5 Å². The number of carbonyl (C=O) groups is 1. The summed E-state index contributed by atoms with van der Waals surface area (Å²) < 4.78 is 3.85. The lowest BCUT2D eigenvalue weighted by atomic mass is 10.1. The van der Waals surface area contributed by atoms with Crippen LogP contribution >= 0.6 is 0 Å².